The van der Waals surface area contributed by atoms with Gasteiger partial charge in [-0.3, -0.25) is 14.6 Å². The van der Waals surface area contributed by atoms with E-state index in [-0.39, 0.29) is 29.0 Å². The molecule has 0 unspecified atom stereocenters. The van der Waals surface area contributed by atoms with E-state index in [2.05, 4.69) is 15.0 Å². The zero-order valence-electron chi connectivity index (χ0n) is 14.7. The van der Waals surface area contributed by atoms with Crippen LogP contribution in [0.25, 0.3) is 11.4 Å². The molecule has 0 spiro atoms. The van der Waals surface area contributed by atoms with Crippen LogP contribution in [-0.4, -0.2) is 52.2 Å². The fourth-order valence-corrected chi connectivity index (χ4v) is 5.55. The Kier molecular flexibility index (Phi) is 4.55. The van der Waals surface area contributed by atoms with Crippen molar-refractivity contribution < 1.29 is 13.2 Å². The molecule has 2 aromatic rings. The molecule has 2 atom stereocenters. The number of hydrogen-bond donors (Lipinski definition) is 1. The van der Waals surface area contributed by atoms with Gasteiger partial charge < -0.3 is 9.88 Å². The predicted octanol–water partition coefficient (Wildman–Crippen LogP) is 0.930. The highest BCUT2D eigenvalue weighted by Crippen LogP contribution is 2.33. The second-order valence-corrected chi connectivity index (χ2v) is 9.25. The number of sulfone groups is 1. The molecule has 2 aliphatic heterocycles. The van der Waals surface area contributed by atoms with E-state index in [4.69, 9.17) is 0 Å². The third-order valence-electron chi connectivity index (χ3n) is 5.12. The zero-order valence-corrected chi connectivity index (χ0v) is 15.5. The summed E-state index contributed by atoms with van der Waals surface area (Å²) >= 11 is 0. The lowest BCUT2D eigenvalue weighted by molar-refractivity contribution is -0.135. The fraction of sp³-hybridized carbons (Fsp3) is 0.444. The number of rotatable bonds is 3. The summed E-state index contributed by atoms with van der Waals surface area (Å²) in [5.41, 5.74) is 0.739. The van der Waals surface area contributed by atoms with E-state index in [9.17, 15) is 18.0 Å². The number of carbonyl (C=O) groups excluding carboxylic acids is 1. The number of H-pyrrole nitrogens is 1. The van der Waals surface area contributed by atoms with Crippen molar-refractivity contribution in [2.45, 2.75) is 25.3 Å². The standard InChI is InChI=1S/C18H20N4O4S/c23-16-10-14(13-4-1-2-7-19-13)20-17(21-16)15-5-3-8-22(15)18(24)12-6-9-27(25,26)11-12/h1-2,4,7,10,12,15H,3,5-6,8-9,11H2,(H,20,21,23)/t12-,15+/m0/s1. The molecule has 0 aromatic carbocycles. The molecular formula is C18H20N4O4S. The third kappa shape index (κ3) is 3.64. The van der Waals surface area contributed by atoms with E-state index in [1.54, 1.807) is 23.2 Å². The topological polar surface area (TPSA) is 113 Å². The lowest BCUT2D eigenvalue weighted by Gasteiger charge is -2.26. The Balaban J connectivity index is 1.63. The van der Waals surface area contributed by atoms with Crippen LogP contribution in [0.4, 0.5) is 0 Å². The highest BCUT2D eigenvalue weighted by atomic mass is 32.2. The van der Waals surface area contributed by atoms with Crippen LogP contribution in [0.3, 0.4) is 0 Å². The van der Waals surface area contributed by atoms with Crippen LogP contribution in [-0.2, 0) is 14.6 Å². The number of amides is 1. The Bertz CT molecular complexity index is 1020. The van der Waals surface area contributed by atoms with Crippen LogP contribution in [0.15, 0.2) is 35.3 Å². The molecule has 4 rings (SSSR count). The minimum Gasteiger partial charge on any atom is -0.332 e. The van der Waals surface area contributed by atoms with Crippen molar-refractivity contribution in [3.8, 4) is 11.4 Å². The maximum absolute atomic E-state index is 12.9. The number of hydrogen-bond acceptors (Lipinski definition) is 6. The van der Waals surface area contributed by atoms with E-state index in [0.29, 0.717) is 36.6 Å². The van der Waals surface area contributed by atoms with Gasteiger partial charge in [-0.25, -0.2) is 13.4 Å². The summed E-state index contributed by atoms with van der Waals surface area (Å²) in [4.78, 5) is 38.2. The van der Waals surface area contributed by atoms with Gasteiger partial charge in [0.1, 0.15) is 5.82 Å². The van der Waals surface area contributed by atoms with Crippen LogP contribution >= 0.6 is 0 Å². The molecule has 8 nitrogen and oxygen atoms in total. The van der Waals surface area contributed by atoms with Crippen LogP contribution in [0.5, 0.6) is 0 Å². The van der Waals surface area contributed by atoms with Gasteiger partial charge >= 0.3 is 0 Å². The molecule has 27 heavy (non-hydrogen) atoms. The average Bonchev–Trinajstić information content (AvgIpc) is 3.28. The van der Waals surface area contributed by atoms with Gasteiger partial charge in [0.05, 0.1) is 34.9 Å². The molecule has 2 aromatic heterocycles. The van der Waals surface area contributed by atoms with Crippen LogP contribution < -0.4 is 5.56 Å². The van der Waals surface area contributed by atoms with Crippen molar-refractivity contribution in [1.82, 2.24) is 19.9 Å². The molecule has 0 bridgehead atoms. The van der Waals surface area contributed by atoms with Gasteiger partial charge in [0.15, 0.2) is 9.84 Å². The summed E-state index contributed by atoms with van der Waals surface area (Å²) in [6.07, 6.45) is 3.46. The molecule has 1 amide bonds. The van der Waals surface area contributed by atoms with Gasteiger partial charge in [-0.2, -0.15) is 0 Å². The largest absolute Gasteiger partial charge is 0.332 e. The molecule has 9 heteroatoms. The predicted molar refractivity (Wildman–Crippen MR) is 98.5 cm³/mol. The minimum atomic E-state index is -3.13. The lowest BCUT2D eigenvalue weighted by atomic mass is 10.1. The Morgan fingerprint density at radius 1 is 1.22 bits per heavy atom. The number of aromatic nitrogens is 3. The first kappa shape index (κ1) is 17.8. The Labute approximate surface area is 156 Å². The molecule has 1 N–H and O–H groups in total. The third-order valence-corrected chi connectivity index (χ3v) is 6.89. The van der Waals surface area contributed by atoms with Crippen LogP contribution in [0.2, 0.25) is 0 Å². The van der Waals surface area contributed by atoms with Gasteiger partial charge in [-0.05, 0) is 31.4 Å². The molecular weight excluding hydrogens is 368 g/mol. The molecule has 142 valence electrons. The normalized spacial score (nSPS) is 24.2. The Hall–Kier alpha value is -2.55. The number of carbonyl (C=O) groups is 1. The van der Waals surface area contributed by atoms with Crippen molar-refractivity contribution in [1.29, 1.82) is 0 Å². The molecule has 0 radical (unpaired) electrons. The minimum absolute atomic E-state index is 0.0617. The van der Waals surface area contributed by atoms with Gasteiger partial charge in [-0.1, -0.05) is 6.07 Å². The van der Waals surface area contributed by atoms with Crippen molar-refractivity contribution in [3.63, 3.8) is 0 Å². The van der Waals surface area contributed by atoms with Crippen molar-refractivity contribution >= 4 is 15.7 Å². The van der Waals surface area contributed by atoms with E-state index in [1.807, 2.05) is 6.07 Å². The van der Waals surface area contributed by atoms with E-state index in [1.165, 1.54) is 6.07 Å². The van der Waals surface area contributed by atoms with E-state index in [0.717, 1.165) is 6.42 Å². The molecule has 2 aliphatic rings. The average molecular weight is 388 g/mol. The molecule has 2 saturated heterocycles. The van der Waals surface area contributed by atoms with Gasteiger partial charge in [0.2, 0.25) is 5.91 Å². The van der Waals surface area contributed by atoms with Crippen molar-refractivity contribution in [2.24, 2.45) is 5.92 Å². The second kappa shape index (κ2) is 6.88. The van der Waals surface area contributed by atoms with Gasteiger partial charge in [0, 0.05) is 18.8 Å². The van der Waals surface area contributed by atoms with Gasteiger partial charge in [0.25, 0.3) is 5.56 Å². The van der Waals surface area contributed by atoms with Crippen molar-refractivity contribution in [3.05, 3.63) is 46.6 Å². The smallest absolute Gasteiger partial charge is 0.251 e. The summed E-state index contributed by atoms with van der Waals surface area (Å²) in [7, 11) is -3.13. The first-order valence-corrected chi connectivity index (χ1v) is 10.8. The van der Waals surface area contributed by atoms with E-state index < -0.39 is 15.8 Å². The maximum atomic E-state index is 12.9. The maximum Gasteiger partial charge on any atom is 0.251 e. The second-order valence-electron chi connectivity index (χ2n) is 7.02. The molecule has 4 heterocycles. The monoisotopic (exact) mass is 388 g/mol. The Morgan fingerprint density at radius 2 is 2.07 bits per heavy atom. The van der Waals surface area contributed by atoms with Crippen LogP contribution in [0, 0.1) is 5.92 Å². The number of nitrogens with zero attached hydrogens (tertiary/aromatic N) is 3. The summed E-state index contributed by atoms with van der Waals surface area (Å²) in [5.74, 6) is -0.264. The summed E-state index contributed by atoms with van der Waals surface area (Å²) < 4.78 is 23.4. The Morgan fingerprint density at radius 3 is 2.78 bits per heavy atom. The quantitative estimate of drug-likeness (QED) is 0.837. The number of pyridine rings is 1. The number of nitrogens with one attached hydrogen (secondary N) is 1. The highest BCUT2D eigenvalue weighted by Gasteiger charge is 2.40. The summed E-state index contributed by atoms with van der Waals surface area (Å²) in [6, 6.07) is 6.40. The van der Waals surface area contributed by atoms with Gasteiger partial charge in [-0.15, -0.1) is 0 Å². The first-order chi connectivity index (χ1) is 12.9. The highest BCUT2D eigenvalue weighted by molar-refractivity contribution is 7.91. The zero-order chi connectivity index (χ0) is 19.0. The fourth-order valence-electron chi connectivity index (χ4n) is 3.82. The molecule has 0 aliphatic carbocycles. The molecule has 2 fully saturated rings. The number of aromatic amines is 1. The first-order valence-electron chi connectivity index (χ1n) is 8.96. The molecule has 0 saturated carbocycles. The lowest BCUT2D eigenvalue weighted by Crippen LogP contribution is -2.37. The summed E-state index contributed by atoms with van der Waals surface area (Å²) in [5, 5.41) is 0. The van der Waals surface area contributed by atoms with Crippen LogP contribution in [0.1, 0.15) is 31.1 Å². The van der Waals surface area contributed by atoms with E-state index >= 15 is 0 Å². The summed E-state index contributed by atoms with van der Waals surface area (Å²) in [6.45, 7) is 0.539. The van der Waals surface area contributed by atoms with Crippen molar-refractivity contribution in [2.75, 3.05) is 18.1 Å². The number of likely N-dealkylation sites (tertiary alicyclic amines) is 1. The SMILES string of the molecule is O=C([C@H]1CCS(=O)(=O)C1)N1CCC[C@@H]1c1nc(-c2ccccn2)cc(=O)[nH]1.